The van der Waals surface area contributed by atoms with E-state index in [0.717, 1.165) is 12.2 Å². The van der Waals surface area contributed by atoms with Crippen LogP contribution >= 0.6 is 0 Å². The number of hydrogen-bond acceptors (Lipinski definition) is 4. The van der Waals surface area contributed by atoms with Crippen molar-refractivity contribution in [1.82, 2.24) is 0 Å². The molecule has 0 bridgehead atoms. The van der Waals surface area contributed by atoms with E-state index in [1.54, 1.807) is 30.3 Å². The highest BCUT2D eigenvalue weighted by atomic mass is 16.6. The van der Waals surface area contributed by atoms with E-state index in [1.165, 1.54) is 12.2 Å². The number of nitrogens with zero attached hydrogens (tertiary/aromatic N) is 1. The summed E-state index contributed by atoms with van der Waals surface area (Å²) in [6.07, 6.45) is 4.28. The maximum absolute atomic E-state index is 12.0. The number of hydrogen-bond donors (Lipinski definition) is 2. The third-order valence-electron chi connectivity index (χ3n) is 3.10. The fourth-order valence-corrected chi connectivity index (χ4v) is 1.88. The number of aliphatic carboxylic acids is 1. The topological polar surface area (TPSA) is 110 Å². The molecule has 0 heterocycles. The Morgan fingerprint density at radius 3 is 2.24 bits per heavy atom. The number of carboxylic acid groups (broad SMARTS) is 1. The summed E-state index contributed by atoms with van der Waals surface area (Å²) in [5.41, 5.74) is -1.71. The molecule has 0 atom stereocenters. The molecular weight excluding hydrogens is 276 g/mol. The summed E-state index contributed by atoms with van der Waals surface area (Å²) in [7, 11) is 0. The molecule has 7 heteroatoms. The van der Waals surface area contributed by atoms with E-state index in [4.69, 9.17) is 5.11 Å². The van der Waals surface area contributed by atoms with Crippen LogP contribution in [0.1, 0.15) is 0 Å². The third kappa shape index (κ3) is 2.81. The predicted octanol–water partition coefficient (Wildman–Crippen LogP) is 1.47. The first-order valence-corrected chi connectivity index (χ1v) is 6.08. The van der Waals surface area contributed by atoms with Gasteiger partial charge in [-0.25, -0.2) is 4.79 Å². The number of anilines is 1. The van der Waals surface area contributed by atoms with Crippen molar-refractivity contribution in [3.8, 4) is 0 Å². The second-order valence-electron chi connectivity index (χ2n) is 4.49. The Morgan fingerprint density at radius 2 is 1.76 bits per heavy atom. The number of benzene rings is 1. The second kappa shape index (κ2) is 5.58. The lowest BCUT2D eigenvalue weighted by Gasteiger charge is -2.19. The van der Waals surface area contributed by atoms with Gasteiger partial charge in [0.2, 0.25) is 5.91 Å². The van der Waals surface area contributed by atoms with E-state index in [2.05, 4.69) is 5.32 Å². The Balaban J connectivity index is 2.13. The van der Waals surface area contributed by atoms with Gasteiger partial charge in [-0.15, -0.1) is 0 Å². The van der Waals surface area contributed by atoms with Crippen LogP contribution in [-0.2, 0) is 9.59 Å². The largest absolute Gasteiger partial charge is 0.475 e. The summed E-state index contributed by atoms with van der Waals surface area (Å²) < 4.78 is 0. The van der Waals surface area contributed by atoms with Crippen molar-refractivity contribution in [3.63, 3.8) is 0 Å². The molecule has 1 amide bonds. The predicted molar refractivity (Wildman–Crippen MR) is 74.2 cm³/mol. The fraction of sp³-hybridized carbons (Fsp3) is 0.143. The molecule has 2 rings (SSSR count). The minimum absolute atomic E-state index is 0.393. The normalized spacial score (nSPS) is 23.5. The number of carbonyl (C=O) groups excluding carboxylic acids is 1. The molecule has 108 valence electrons. The average molecular weight is 288 g/mol. The first-order valence-electron chi connectivity index (χ1n) is 6.08. The fourth-order valence-electron chi connectivity index (χ4n) is 1.88. The van der Waals surface area contributed by atoms with Crippen molar-refractivity contribution in [2.45, 2.75) is 5.54 Å². The summed E-state index contributed by atoms with van der Waals surface area (Å²) in [6.45, 7) is 0. The SMILES string of the molecule is O=C(Nc1ccccc1)C1C=CC(C(=O)O)([N+](=O)[O-])C=C1. The van der Waals surface area contributed by atoms with Gasteiger partial charge in [0.25, 0.3) is 0 Å². The van der Waals surface area contributed by atoms with Crippen molar-refractivity contribution in [1.29, 1.82) is 0 Å². The lowest BCUT2D eigenvalue weighted by Crippen LogP contribution is -2.44. The summed E-state index contributed by atoms with van der Waals surface area (Å²) >= 11 is 0. The number of nitrogens with one attached hydrogen (secondary N) is 1. The van der Waals surface area contributed by atoms with Crippen LogP contribution in [0.15, 0.2) is 54.6 Å². The first-order chi connectivity index (χ1) is 9.95. The van der Waals surface area contributed by atoms with Gasteiger partial charge in [0.15, 0.2) is 0 Å². The van der Waals surface area contributed by atoms with Crippen molar-refractivity contribution in [3.05, 3.63) is 64.8 Å². The van der Waals surface area contributed by atoms with Crippen molar-refractivity contribution in [2.75, 3.05) is 5.32 Å². The molecular formula is C14H12N2O5. The molecule has 0 saturated carbocycles. The van der Waals surface area contributed by atoms with Crippen LogP contribution in [0.2, 0.25) is 0 Å². The van der Waals surface area contributed by atoms with Crippen LogP contribution < -0.4 is 5.32 Å². The zero-order valence-corrected chi connectivity index (χ0v) is 10.8. The molecule has 0 unspecified atom stereocenters. The van der Waals surface area contributed by atoms with Crippen molar-refractivity contribution < 1.29 is 19.6 Å². The molecule has 0 aliphatic heterocycles. The molecule has 7 nitrogen and oxygen atoms in total. The quantitative estimate of drug-likeness (QED) is 0.495. The zero-order chi connectivity index (χ0) is 15.5. The monoisotopic (exact) mass is 288 g/mol. The minimum atomic E-state index is -2.30. The molecule has 2 N–H and O–H groups in total. The lowest BCUT2D eigenvalue weighted by atomic mass is 9.89. The number of nitro groups is 1. The van der Waals surface area contributed by atoms with Gasteiger partial charge in [0.1, 0.15) is 0 Å². The molecule has 0 fully saturated rings. The Morgan fingerprint density at radius 1 is 1.19 bits per heavy atom. The Kier molecular flexibility index (Phi) is 3.84. The highest BCUT2D eigenvalue weighted by molar-refractivity contribution is 5.95. The van der Waals surface area contributed by atoms with E-state index in [1.807, 2.05) is 0 Å². The molecule has 21 heavy (non-hydrogen) atoms. The van der Waals surface area contributed by atoms with E-state index < -0.39 is 28.3 Å². The standard InChI is InChI=1S/C14H12N2O5/c17-12(15-11-4-2-1-3-5-11)10-6-8-14(9-7-10,13(18)19)16(20)21/h1-10H,(H,15,17)(H,18,19). The third-order valence-corrected chi connectivity index (χ3v) is 3.10. The average Bonchev–Trinajstić information content (AvgIpc) is 2.48. The molecule has 1 aromatic carbocycles. The van der Waals surface area contributed by atoms with Gasteiger partial charge < -0.3 is 10.4 Å². The molecule has 0 spiro atoms. The maximum Gasteiger partial charge on any atom is 0.391 e. The molecule has 0 saturated heterocycles. The van der Waals surface area contributed by atoms with Gasteiger partial charge >= 0.3 is 11.5 Å². The Labute approximate surface area is 119 Å². The van der Waals surface area contributed by atoms with Crippen LogP contribution in [0.5, 0.6) is 0 Å². The van der Waals surface area contributed by atoms with E-state index in [9.17, 15) is 19.7 Å². The van der Waals surface area contributed by atoms with Crippen LogP contribution in [0, 0.1) is 16.0 Å². The van der Waals surface area contributed by atoms with Gasteiger partial charge in [-0.3, -0.25) is 14.9 Å². The van der Waals surface area contributed by atoms with Crippen LogP contribution in [0.4, 0.5) is 5.69 Å². The minimum Gasteiger partial charge on any atom is -0.475 e. The molecule has 1 aromatic rings. The van der Waals surface area contributed by atoms with Crippen LogP contribution in [0.3, 0.4) is 0 Å². The summed E-state index contributed by atoms with van der Waals surface area (Å²) in [6, 6.07) is 8.71. The number of carboxylic acids is 1. The highest BCUT2D eigenvalue weighted by Crippen LogP contribution is 2.23. The van der Waals surface area contributed by atoms with Gasteiger partial charge in [0.05, 0.1) is 5.92 Å². The van der Waals surface area contributed by atoms with Crippen molar-refractivity contribution in [2.24, 2.45) is 5.92 Å². The number of amides is 1. The van der Waals surface area contributed by atoms with E-state index in [-0.39, 0.29) is 0 Å². The molecule has 1 aliphatic carbocycles. The van der Waals surface area contributed by atoms with Crippen LogP contribution in [0.25, 0.3) is 0 Å². The van der Waals surface area contributed by atoms with Crippen LogP contribution in [-0.4, -0.2) is 27.4 Å². The van der Waals surface area contributed by atoms with E-state index in [0.29, 0.717) is 5.69 Å². The van der Waals surface area contributed by atoms with Crippen molar-refractivity contribution >= 4 is 17.6 Å². The zero-order valence-electron chi connectivity index (χ0n) is 10.8. The maximum atomic E-state index is 12.0. The van der Waals surface area contributed by atoms with Gasteiger partial charge in [-0.1, -0.05) is 30.4 Å². The molecule has 0 radical (unpaired) electrons. The number of carbonyl (C=O) groups is 2. The summed E-state index contributed by atoms with van der Waals surface area (Å²) in [5, 5.41) is 22.5. The van der Waals surface area contributed by atoms with Gasteiger partial charge in [0, 0.05) is 22.8 Å². The molecule has 0 aromatic heterocycles. The summed E-state index contributed by atoms with van der Waals surface area (Å²) in [4.78, 5) is 33.0. The number of para-hydroxylation sites is 1. The Bertz CT molecular complexity index is 606. The van der Waals surface area contributed by atoms with E-state index >= 15 is 0 Å². The second-order valence-corrected chi connectivity index (χ2v) is 4.49. The van der Waals surface area contributed by atoms with Gasteiger partial charge in [-0.05, 0) is 12.1 Å². The smallest absolute Gasteiger partial charge is 0.391 e. The number of rotatable bonds is 4. The molecule has 1 aliphatic rings. The summed E-state index contributed by atoms with van der Waals surface area (Å²) in [5.74, 6) is -2.74. The van der Waals surface area contributed by atoms with Gasteiger partial charge in [-0.2, -0.15) is 0 Å². The highest BCUT2D eigenvalue weighted by Gasteiger charge is 2.48. The first kappa shape index (κ1) is 14.4. The Hall–Kier alpha value is -2.96. The lowest BCUT2D eigenvalue weighted by molar-refractivity contribution is -0.527.